The molecule has 0 saturated heterocycles. The lowest BCUT2D eigenvalue weighted by Crippen LogP contribution is -2.14. The standard InChI is InChI=1S/C12H13ClO/c1-2-12(14)10-6-4-8-3-5-9(13)7-11(8)10/h3-7,10,12,14H,2H2,1H3. The average Bonchev–Trinajstić information content (AvgIpc) is 2.59. The second-order valence-corrected chi connectivity index (χ2v) is 4.07. The van der Waals surface area contributed by atoms with Gasteiger partial charge in [0.25, 0.3) is 0 Å². The van der Waals surface area contributed by atoms with Crippen LogP contribution in [-0.4, -0.2) is 11.2 Å². The van der Waals surface area contributed by atoms with E-state index in [-0.39, 0.29) is 12.0 Å². The Morgan fingerprint density at radius 2 is 2.29 bits per heavy atom. The lowest BCUT2D eigenvalue weighted by molar-refractivity contribution is 0.156. The molecule has 74 valence electrons. The molecular weight excluding hydrogens is 196 g/mol. The minimum atomic E-state index is -0.300. The summed E-state index contributed by atoms with van der Waals surface area (Å²) in [4.78, 5) is 0. The van der Waals surface area contributed by atoms with Gasteiger partial charge < -0.3 is 5.11 Å². The Kier molecular flexibility index (Phi) is 2.62. The highest BCUT2D eigenvalue weighted by atomic mass is 35.5. The van der Waals surface area contributed by atoms with Gasteiger partial charge in [0.1, 0.15) is 0 Å². The van der Waals surface area contributed by atoms with Crippen LogP contribution in [-0.2, 0) is 0 Å². The van der Waals surface area contributed by atoms with Crippen LogP contribution < -0.4 is 0 Å². The first-order valence-corrected chi connectivity index (χ1v) is 5.26. The first-order chi connectivity index (χ1) is 6.72. The molecular formula is C12H13ClO. The van der Waals surface area contributed by atoms with Crippen molar-refractivity contribution in [1.29, 1.82) is 0 Å². The van der Waals surface area contributed by atoms with Crippen LogP contribution in [0.3, 0.4) is 0 Å². The molecule has 2 atom stereocenters. The van der Waals surface area contributed by atoms with Crippen LogP contribution in [0, 0.1) is 0 Å². The molecule has 0 bridgehead atoms. The lowest BCUT2D eigenvalue weighted by Gasteiger charge is -2.16. The van der Waals surface area contributed by atoms with Crippen molar-refractivity contribution in [3.63, 3.8) is 0 Å². The SMILES string of the molecule is CCC(O)C1C=Cc2ccc(Cl)cc21. The first kappa shape index (κ1) is 9.75. The summed E-state index contributed by atoms with van der Waals surface area (Å²) >= 11 is 5.93. The Morgan fingerprint density at radius 3 is 3.00 bits per heavy atom. The fraction of sp³-hybridized carbons (Fsp3) is 0.333. The summed E-state index contributed by atoms with van der Waals surface area (Å²) in [6, 6.07) is 5.82. The zero-order valence-corrected chi connectivity index (χ0v) is 8.83. The third-order valence-corrected chi connectivity index (χ3v) is 2.96. The van der Waals surface area contributed by atoms with Crippen molar-refractivity contribution in [2.45, 2.75) is 25.4 Å². The molecule has 0 spiro atoms. The Hall–Kier alpha value is -0.790. The number of aliphatic hydroxyl groups is 1. The van der Waals surface area contributed by atoms with Crippen molar-refractivity contribution >= 4 is 17.7 Å². The summed E-state index contributed by atoms with van der Waals surface area (Å²) < 4.78 is 0. The number of hydrogen-bond acceptors (Lipinski definition) is 1. The Labute approximate surface area is 89.0 Å². The van der Waals surface area contributed by atoms with Crippen molar-refractivity contribution in [2.75, 3.05) is 0 Å². The molecule has 0 aliphatic heterocycles. The summed E-state index contributed by atoms with van der Waals surface area (Å²) in [6.07, 6.45) is 4.57. The molecule has 1 aromatic carbocycles. The van der Waals surface area contributed by atoms with Gasteiger partial charge in [-0.05, 0) is 29.7 Å². The quantitative estimate of drug-likeness (QED) is 0.791. The van der Waals surface area contributed by atoms with Crippen LogP contribution in [0.25, 0.3) is 6.08 Å². The highest BCUT2D eigenvalue weighted by Gasteiger charge is 2.23. The topological polar surface area (TPSA) is 20.2 Å². The zero-order chi connectivity index (χ0) is 10.1. The maximum absolute atomic E-state index is 9.80. The highest BCUT2D eigenvalue weighted by molar-refractivity contribution is 6.30. The summed E-state index contributed by atoms with van der Waals surface area (Å²) in [7, 11) is 0. The number of aliphatic hydroxyl groups excluding tert-OH is 1. The first-order valence-electron chi connectivity index (χ1n) is 4.88. The number of rotatable bonds is 2. The van der Waals surface area contributed by atoms with E-state index in [0.29, 0.717) is 0 Å². The van der Waals surface area contributed by atoms with Crippen molar-refractivity contribution in [3.05, 3.63) is 40.4 Å². The van der Waals surface area contributed by atoms with Gasteiger partial charge in [0.15, 0.2) is 0 Å². The van der Waals surface area contributed by atoms with E-state index in [4.69, 9.17) is 11.6 Å². The molecule has 0 aromatic heterocycles. The number of halogens is 1. The van der Waals surface area contributed by atoms with E-state index in [9.17, 15) is 5.11 Å². The molecule has 1 aliphatic rings. The van der Waals surface area contributed by atoms with Gasteiger partial charge >= 0.3 is 0 Å². The molecule has 2 heteroatoms. The fourth-order valence-corrected chi connectivity index (χ4v) is 2.07. The maximum Gasteiger partial charge on any atom is 0.0641 e. The molecule has 0 fully saturated rings. The van der Waals surface area contributed by atoms with E-state index in [2.05, 4.69) is 12.2 Å². The van der Waals surface area contributed by atoms with Gasteiger partial charge in [-0.25, -0.2) is 0 Å². The average molecular weight is 209 g/mol. The molecule has 1 aliphatic carbocycles. The minimum Gasteiger partial charge on any atom is -0.392 e. The Morgan fingerprint density at radius 1 is 1.50 bits per heavy atom. The predicted octanol–water partition coefficient (Wildman–Crippen LogP) is 3.22. The van der Waals surface area contributed by atoms with Crippen molar-refractivity contribution in [3.8, 4) is 0 Å². The van der Waals surface area contributed by atoms with E-state index < -0.39 is 0 Å². The largest absolute Gasteiger partial charge is 0.392 e. The van der Waals surface area contributed by atoms with Crippen molar-refractivity contribution in [1.82, 2.24) is 0 Å². The summed E-state index contributed by atoms with van der Waals surface area (Å²) in [5.41, 5.74) is 2.32. The predicted molar refractivity (Wildman–Crippen MR) is 59.5 cm³/mol. The summed E-state index contributed by atoms with van der Waals surface area (Å²) in [5, 5.41) is 10.5. The second kappa shape index (κ2) is 3.76. The van der Waals surface area contributed by atoms with E-state index in [0.717, 1.165) is 17.0 Å². The lowest BCUT2D eigenvalue weighted by atomic mass is 9.94. The number of fused-ring (bicyclic) bond motifs is 1. The monoisotopic (exact) mass is 208 g/mol. The van der Waals surface area contributed by atoms with Gasteiger partial charge in [0, 0.05) is 10.9 Å². The van der Waals surface area contributed by atoms with E-state index in [1.165, 1.54) is 5.56 Å². The minimum absolute atomic E-state index is 0.119. The third kappa shape index (κ3) is 1.58. The number of hydrogen-bond donors (Lipinski definition) is 1. The van der Waals surface area contributed by atoms with Crippen LogP contribution in [0.1, 0.15) is 30.4 Å². The van der Waals surface area contributed by atoms with Crippen LogP contribution in [0.4, 0.5) is 0 Å². The van der Waals surface area contributed by atoms with Crippen molar-refractivity contribution < 1.29 is 5.11 Å². The zero-order valence-electron chi connectivity index (χ0n) is 8.07. The normalized spacial score (nSPS) is 20.9. The van der Waals surface area contributed by atoms with Crippen LogP contribution in [0.5, 0.6) is 0 Å². The second-order valence-electron chi connectivity index (χ2n) is 3.63. The van der Waals surface area contributed by atoms with Crippen LogP contribution in [0.15, 0.2) is 24.3 Å². The molecule has 2 unspecified atom stereocenters. The van der Waals surface area contributed by atoms with Gasteiger partial charge in [-0.1, -0.05) is 36.7 Å². The molecule has 0 saturated carbocycles. The van der Waals surface area contributed by atoms with Crippen molar-refractivity contribution in [2.24, 2.45) is 0 Å². The summed E-state index contributed by atoms with van der Waals surface area (Å²) in [5.74, 6) is 0.119. The third-order valence-electron chi connectivity index (χ3n) is 2.72. The Balaban J connectivity index is 2.37. The molecule has 0 radical (unpaired) electrons. The van der Waals surface area contributed by atoms with E-state index in [1.54, 1.807) is 0 Å². The molecule has 0 heterocycles. The summed E-state index contributed by atoms with van der Waals surface area (Å²) in [6.45, 7) is 1.99. The maximum atomic E-state index is 9.80. The van der Waals surface area contributed by atoms with E-state index in [1.807, 2.05) is 25.1 Å². The molecule has 14 heavy (non-hydrogen) atoms. The molecule has 2 rings (SSSR count). The van der Waals surface area contributed by atoms with Gasteiger partial charge in [-0.3, -0.25) is 0 Å². The number of benzene rings is 1. The molecule has 1 aromatic rings. The van der Waals surface area contributed by atoms with Gasteiger partial charge in [-0.2, -0.15) is 0 Å². The van der Waals surface area contributed by atoms with Gasteiger partial charge in [0.05, 0.1) is 6.10 Å². The molecule has 1 nitrogen and oxygen atoms in total. The van der Waals surface area contributed by atoms with E-state index >= 15 is 0 Å². The Bertz CT molecular complexity index is 371. The molecule has 1 N–H and O–H groups in total. The fourth-order valence-electron chi connectivity index (χ4n) is 1.89. The highest BCUT2D eigenvalue weighted by Crippen LogP contribution is 2.34. The van der Waals surface area contributed by atoms with Crippen LogP contribution in [0.2, 0.25) is 5.02 Å². The van der Waals surface area contributed by atoms with Crippen LogP contribution >= 0.6 is 11.6 Å². The van der Waals surface area contributed by atoms with Gasteiger partial charge in [0.2, 0.25) is 0 Å². The van der Waals surface area contributed by atoms with Gasteiger partial charge in [-0.15, -0.1) is 0 Å². The molecule has 0 amide bonds. The smallest absolute Gasteiger partial charge is 0.0641 e.